The molecule has 88 valence electrons. The van der Waals surface area contributed by atoms with E-state index in [4.69, 9.17) is 4.74 Å². The Kier molecular flexibility index (Phi) is 3.65. The zero-order chi connectivity index (χ0) is 10.7. The average molecular weight is 212 g/mol. The summed E-state index contributed by atoms with van der Waals surface area (Å²) >= 11 is 0. The zero-order valence-electron chi connectivity index (χ0n) is 10.0. The third-order valence-corrected chi connectivity index (χ3v) is 4.01. The molecule has 0 aromatic rings. The van der Waals surface area contributed by atoms with E-state index in [1.807, 2.05) is 0 Å². The molecule has 0 amide bonds. The zero-order valence-corrected chi connectivity index (χ0v) is 10.0. The highest BCUT2D eigenvalue weighted by Crippen LogP contribution is 2.32. The molecule has 2 aliphatic rings. The number of piperidine rings is 1. The van der Waals surface area contributed by atoms with Gasteiger partial charge in [0.15, 0.2) is 0 Å². The van der Waals surface area contributed by atoms with Crippen LogP contribution < -0.4 is 10.6 Å². The quantitative estimate of drug-likeness (QED) is 0.732. The van der Waals surface area contributed by atoms with Crippen LogP contribution in [-0.2, 0) is 4.74 Å². The first-order valence-corrected chi connectivity index (χ1v) is 6.18. The maximum Gasteiger partial charge on any atom is 0.0641 e. The normalized spacial score (nSPS) is 42.0. The van der Waals surface area contributed by atoms with Gasteiger partial charge in [-0.1, -0.05) is 0 Å². The molecule has 2 rings (SSSR count). The van der Waals surface area contributed by atoms with Gasteiger partial charge < -0.3 is 15.4 Å². The fourth-order valence-electron chi connectivity index (χ4n) is 3.22. The van der Waals surface area contributed by atoms with Gasteiger partial charge in [0.05, 0.1) is 6.61 Å². The minimum atomic E-state index is 0.209. The molecule has 3 unspecified atom stereocenters. The SMILES string of the molecule is COCC1(C)CC(C2CCNC2)CCN1. The molecular weight excluding hydrogens is 188 g/mol. The van der Waals surface area contributed by atoms with E-state index in [1.54, 1.807) is 7.11 Å². The fourth-order valence-corrected chi connectivity index (χ4v) is 3.22. The van der Waals surface area contributed by atoms with E-state index in [-0.39, 0.29) is 5.54 Å². The Bertz CT molecular complexity index is 200. The van der Waals surface area contributed by atoms with E-state index in [1.165, 1.54) is 32.4 Å². The van der Waals surface area contributed by atoms with Gasteiger partial charge in [-0.05, 0) is 57.7 Å². The number of methoxy groups -OCH3 is 1. The van der Waals surface area contributed by atoms with Crippen molar-refractivity contribution in [1.29, 1.82) is 0 Å². The maximum atomic E-state index is 5.32. The van der Waals surface area contributed by atoms with Crippen LogP contribution in [0.3, 0.4) is 0 Å². The van der Waals surface area contributed by atoms with Crippen molar-refractivity contribution in [2.75, 3.05) is 33.4 Å². The lowest BCUT2D eigenvalue weighted by molar-refractivity contribution is 0.0708. The van der Waals surface area contributed by atoms with Crippen LogP contribution in [0, 0.1) is 11.8 Å². The molecule has 2 aliphatic heterocycles. The summed E-state index contributed by atoms with van der Waals surface area (Å²) in [7, 11) is 1.80. The molecule has 2 heterocycles. The van der Waals surface area contributed by atoms with Crippen LogP contribution in [0.25, 0.3) is 0 Å². The first-order chi connectivity index (χ1) is 7.23. The predicted octanol–water partition coefficient (Wildman–Crippen LogP) is 1.00. The Morgan fingerprint density at radius 2 is 2.07 bits per heavy atom. The molecule has 15 heavy (non-hydrogen) atoms. The van der Waals surface area contributed by atoms with Gasteiger partial charge in [-0.2, -0.15) is 0 Å². The molecule has 0 spiro atoms. The van der Waals surface area contributed by atoms with Gasteiger partial charge in [-0.15, -0.1) is 0 Å². The monoisotopic (exact) mass is 212 g/mol. The number of hydrogen-bond acceptors (Lipinski definition) is 3. The Labute approximate surface area is 93.0 Å². The second kappa shape index (κ2) is 4.81. The van der Waals surface area contributed by atoms with Crippen molar-refractivity contribution in [3.8, 4) is 0 Å². The number of ether oxygens (including phenoxy) is 1. The van der Waals surface area contributed by atoms with Crippen LogP contribution in [0.1, 0.15) is 26.2 Å². The van der Waals surface area contributed by atoms with E-state index >= 15 is 0 Å². The lowest BCUT2D eigenvalue weighted by atomic mass is 9.76. The van der Waals surface area contributed by atoms with Crippen LogP contribution in [0.5, 0.6) is 0 Å². The lowest BCUT2D eigenvalue weighted by Gasteiger charge is -2.41. The Hall–Kier alpha value is -0.120. The minimum Gasteiger partial charge on any atom is -0.383 e. The fraction of sp³-hybridized carbons (Fsp3) is 1.00. The van der Waals surface area contributed by atoms with Crippen molar-refractivity contribution in [3.63, 3.8) is 0 Å². The maximum absolute atomic E-state index is 5.32. The van der Waals surface area contributed by atoms with Gasteiger partial charge in [-0.25, -0.2) is 0 Å². The van der Waals surface area contributed by atoms with Crippen molar-refractivity contribution >= 4 is 0 Å². The largest absolute Gasteiger partial charge is 0.383 e. The molecule has 3 heteroatoms. The third kappa shape index (κ3) is 2.71. The van der Waals surface area contributed by atoms with Crippen molar-refractivity contribution in [2.24, 2.45) is 11.8 Å². The van der Waals surface area contributed by atoms with Gasteiger partial charge in [0.1, 0.15) is 0 Å². The standard InChI is InChI=1S/C12H24N2O/c1-12(9-15-2)7-10(4-6-14-12)11-3-5-13-8-11/h10-11,13-14H,3-9H2,1-2H3. The van der Waals surface area contributed by atoms with E-state index < -0.39 is 0 Å². The summed E-state index contributed by atoms with van der Waals surface area (Å²) in [5.41, 5.74) is 0.209. The van der Waals surface area contributed by atoms with Crippen LogP contribution in [0.15, 0.2) is 0 Å². The van der Waals surface area contributed by atoms with Gasteiger partial charge in [0.25, 0.3) is 0 Å². The first kappa shape index (κ1) is 11.4. The highest BCUT2D eigenvalue weighted by molar-refractivity contribution is 4.93. The topological polar surface area (TPSA) is 33.3 Å². The number of nitrogens with one attached hydrogen (secondary N) is 2. The molecule has 3 atom stereocenters. The predicted molar refractivity (Wildman–Crippen MR) is 62.0 cm³/mol. The van der Waals surface area contributed by atoms with Crippen molar-refractivity contribution in [1.82, 2.24) is 10.6 Å². The smallest absolute Gasteiger partial charge is 0.0641 e. The lowest BCUT2D eigenvalue weighted by Crippen LogP contribution is -2.53. The van der Waals surface area contributed by atoms with E-state index in [2.05, 4.69) is 17.6 Å². The van der Waals surface area contributed by atoms with Gasteiger partial charge in [0, 0.05) is 12.6 Å². The Balaban J connectivity index is 1.91. The van der Waals surface area contributed by atoms with Crippen molar-refractivity contribution in [3.05, 3.63) is 0 Å². The summed E-state index contributed by atoms with van der Waals surface area (Å²) in [6.07, 6.45) is 3.98. The molecule has 0 bridgehead atoms. The van der Waals surface area contributed by atoms with Crippen LogP contribution in [0.2, 0.25) is 0 Å². The average Bonchev–Trinajstić information content (AvgIpc) is 2.70. The molecule has 2 fully saturated rings. The van der Waals surface area contributed by atoms with Gasteiger partial charge >= 0.3 is 0 Å². The second-order valence-electron chi connectivity index (χ2n) is 5.43. The van der Waals surface area contributed by atoms with E-state index in [0.29, 0.717) is 0 Å². The Morgan fingerprint density at radius 3 is 2.73 bits per heavy atom. The molecule has 0 aromatic carbocycles. The summed E-state index contributed by atoms with van der Waals surface area (Å²) in [4.78, 5) is 0. The molecular formula is C12H24N2O. The molecule has 0 aliphatic carbocycles. The van der Waals surface area contributed by atoms with E-state index in [9.17, 15) is 0 Å². The van der Waals surface area contributed by atoms with Crippen LogP contribution in [0.4, 0.5) is 0 Å². The summed E-state index contributed by atoms with van der Waals surface area (Å²) in [5, 5.41) is 7.08. The van der Waals surface area contributed by atoms with E-state index in [0.717, 1.165) is 25.0 Å². The number of hydrogen-bond donors (Lipinski definition) is 2. The van der Waals surface area contributed by atoms with Gasteiger partial charge in [-0.3, -0.25) is 0 Å². The minimum absolute atomic E-state index is 0.209. The summed E-state index contributed by atoms with van der Waals surface area (Å²) in [5.74, 6) is 1.80. The van der Waals surface area contributed by atoms with Crippen LogP contribution in [-0.4, -0.2) is 38.9 Å². The summed E-state index contributed by atoms with van der Waals surface area (Å²) < 4.78 is 5.32. The molecule has 0 radical (unpaired) electrons. The first-order valence-electron chi connectivity index (χ1n) is 6.18. The van der Waals surface area contributed by atoms with Crippen molar-refractivity contribution in [2.45, 2.75) is 31.7 Å². The molecule has 2 saturated heterocycles. The summed E-state index contributed by atoms with van der Waals surface area (Å²) in [6.45, 7) is 6.74. The molecule has 0 aromatic heterocycles. The van der Waals surface area contributed by atoms with Gasteiger partial charge in [0.2, 0.25) is 0 Å². The molecule has 3 nitrogen and oxygen atoms in total. The third-order valence-electron chi connectivity index (χ3n) is 4.01. The number of rotatable bonds is 3. The highest BCUT2D eigenvalue weighted by Gasteiger charge is 2.36. The second-order valence-corrected chi connectivity index (χ2v) is 5.43. The highest BCUT2D eigenvalue weighted by atomic mass is 16.5. The molecule has 2 N–H and O–H groups in total. The Morgan fingerprint density at radius 1 is 1.27 bits per heavy atom. The summed E-state index contributed by atoms with van der Waals surface area (Å²) in [6, 6.07) is 0. The van der Waals surface area contributed by atoms with Crippen molar-refractivity contribution < 1.29 is 4.74 Å². The van der Waals surface area contributed by atoms with Crippen LogP contribution >= 0.6 is 0 Å². The molecule has 0 saturated carbocycles.